The molecule has 0 unspecified atom stereocenters. The minimum Gasteiger partial charge on any atom is -0.495 e. The molecule has 3 rings (SSSR count). The molecule has 0 saturated heterocycles. The molecule has 2 aromatic carbocycles. The van der Waals surface area contributed by atoms with E-state index in [4.69, 9.17) is 9.15 Å². The molecule has 0 radical (unpaired) electrons. The van der Waals surface area contributed by atoms with Gasteiger partial charge in [-0.2, -0.15) is 0 Å². The minimum atomic E-state index is 0.823. The van der Waals surface area contributed by atoms with Crippen molar-refractivity contribution < 1.29 is 9.15 Å². The monoisotopic (exact) mass is 405 g/mol. The molecule has 112 valence electrons. The molecule has 22 heavy (non-hydrogen) atoms. The lowest BCUT2D eigenvalue weighted by atomic mass is 10.1. The van der Waals surface area contributed by atoms with Gasteiger partial charge >= 0.3 is 0 Å². The fourth-order valence-electron chi connectivity index (χ4n) is 2.31. The number of rotatable bonds is 4. The second-order valence-electron chi connectivity index (χ2n) is 4.87. The summed E-state index contributed by atoms with van der Waals surface area (Å²) in [5, 5.41) is 4.22. The Bertz CT molecular complexity index is 836. The van der Waals surface area contributed by atoms with E-state index >= 15 is 0 Å². The summed E-state index contributed by atoms with van der Waals surface area (Å²) in [7, 11) is 3.55. The van der Waals surface area contributed by atoms with Crippen LogP contribution in [0.3, 0.4) is 0 Å². The van der Waals surface area contributed by atoms with Crippen molar-refractivity contribution in [2.75, 3.05) is 19.5 Å². The number of hydrogen-bond acceptors (Lipinski definition) is 3. The van der Waals surface area contributed by atoms with Crippen LogP contribution in [0.4, 0.5) is 5.69 Å². The predicted molar refractivity (Wildman–Crippen MR) is 100 cm³/mol. The van der Waals surface area contributed by atoms with Crippen LogP contribution >= 0.6 is 22.6 Å². The molecular formula is C18H16INO2. The molecule has 0 fully saturated rings. The van der Waals surface area contributed by atoms with Gasteiger partial charge in [-0.05, 0) is 70.6 Å². The highest BCUT2D eigenvalue weighted by Gasteiger charge is 2.03. The Morgan fingerprint density at radius 3 is 2.73 bits per heavy atom. The van der Waals surface area contributed by atoms with Gasteiger partial charge in [-0.25, -0.2) is 0 Å². The van der Waals surface area contributed by atoms with Gasteiger partial charge in [0.2, 0.25) is 0 Å². The Balaban J connectivity index is 1.89. The maximum Gasteiger partial charge on any atom is 0.142 e. The van der Waals surface area contributed by atoms with Crippen LogP contribution in [0.5, 0.6) is 5.75 Å². The molecule has 0 aliphatic rings. The van der Waals surface area contributed by atoms with E-state index in [9.17, 15) is 0 Å². The van der Waals surface area contributed by atoms with E-state index in [0.29, 0.717) is 0 Å². The fraction of sp³-hybridized carbons (Fsp3) is 0.111. The largest absolute Gasteiger partial charge is 0.495 e. The zero-order valence-electron chi connectivity index (χ0n) is 12.4. The normalized spacial score (nSPS) is 11.2. The van der Waals surface area contributed by atoms with Crippen molar-refractivity contribution in [3.63, 3.8) is 0 Å². The number of ether oxygens (including phenoxy) is 1. The van der Waals surface area contributed by atoms with Crippen molar-refractivity contribution in [3.05, 3.63) is 57.4 Å². The van der Waals surface area contributed by atoms with Gasteiger partial charge in [0.1, 0.15) is 17.1 Å². The van der Waals surface area contributed by atoms with Crippen molar-refractivity contribution >= 4 is 51.4 Å². The lowest BCUT2D eigenvalue weighted by Crippen LogP contribution is -1.93. The number of nitrogens with one attached hydrogen (secondary N) is 1. The summed E-state index contributed by atoms with van der Waals surface area (Å²) < 4.78 is 12.4. The molecule has 0 atom stereocenters. The van der Waals surface area contributed by atoms with Gasteiger partial charge in [-0.15, -0.1) is 0 Å². The number of methoxy groups -OCH3 is 1. The summed E-state index contributed by atoms with van der Waals surface area (Å²) in [4.78, 5) is 0. The lowest BCUT2D eigenvalue weighted by molar-refractivity contribution is 0.416. The van der Waals surface area contributed by atoms with Gasteiger partial charge in [0.05, 0.1) is 12.8 Å². The van der Waals surface area contributed by atoms with Crippen LogP contribution in [0.1, 0.15) is 11.3 Å². The molecule has 0 aliphatic heterocycles. The van der Waals surface area contributed by atoms with Crippen LogP contribution in [0, 0.1) is 3.57 Å². The van der Waals surface area contributed by atoms with Gasteiger partial charge in [0, 0.05) is 16.0 Å². The standard InChI is InChI=1S/C18H16INO2/c1-20-16-7-4-12(9-18(16)21-2)3-6-15-11-13-10-14(19)5-8-17(13)22-15/h3-11,20H,1-2H3/b6-3+. The molecule has 3 aromatic rings. The number of furan rings is 1. The summed E-state index contributed by atoms with van der Waals surface area (Å²) in [5.74, 6) is 1.66. The molecule has 3 nitrogen and oxygen atoms in total. The highest BCUT2D eigenvalue weighted by molar-refractivity contribution is 14.1. The molecule has 1 heterocycles. The predicted octanol–water partition coefficient (Wildman–Crippen LogP) is 5.26. The molecule has 1 aromatic heterocycles. The summed E-state index contributed by atoms with van der Waals surface area (Å²) in [5.41, 5.74) is 2.94. The first-order valence-electron chi connectivity index (χ1n) is 6.92. The Morgan fingerprint density at radius 1 is 1.09 bits per heavy atom. The van der Waals surface area contributed by atoms with Crippen LogP contribution in [0.15, 0.2) is 46.9 Å². The average molecular weight is 405 g/mol. The molecule has 1 N–H and O–H groups in total. The van der Waals surface area contributed by atoms with Crippen molar-refractivity contribution in [2.45, 2.75) is 0 Å². The molecule has 0 spiro atoms. The zero-order chi connectivity index (χ0) is 15.5. The number of benzene rings is 2. The minimum absolute atomic E-state index is 0.823. The summed E-state index contributed by atoms with van der Waals surface area (Å²) in [6.45, 7) is 0. The Hall–Kier alpha value is -1.95. The first-order valence-corrected chi connectivity index (χ1v) is 8.00. The van der Waals surface area contributed by atoms with E-state index < -0.39 is 0 Å². The van der Waals surface area contributed by atoms with E-state index in [-0.39, 0.29) is 0 Å². The zero-order valence-corrected chi connectivity index (χ0v) is 14.5. The molecule has 4 heteroatoms. The average Bonchev–Trinajstić information content (AvgIpc) is 2.94. The SMILES string of the molecule is CNc1ccc(/C=C/c2cc3cc(I)ccc3o2)cc1OC. The highest BCUT2D eigenvalue weighted by Crippen LogP contribution is 2.27. The van der Waals surface area contributed by atoms with Crippen molar-refractivity contribution in [1.82, 2.24) is 0 Å². The summed E-state index contributed by atoms with van der Waals surface area (Å²) >= 11 is 2.30. The van der Waals surface area contributed by atoms with Gasteiger partial charge in [-0.1, -0.05) is 12.1 Å². The highest BCUT2D eigenvalue weighted by atomic mass is 127. The van der Waals surface area contributed by atoms with E-state index in [1.807, 2.05) is 55.6 Å². The summed E-state index contributed by atoms with van der Waals surface area (Å²) in [6, 6.07) is 14.2. The maximum atomic E-state index is 5.81. The third-order valence-corrected chi connectivity index (χ3v) is 4.10. The summed E-state index contributed by atoms with van der Waals surface area (Å²) in [6.07, 6.45) is 3.99. The Labute approximate surface area is 143 Å². The van der Waals surface area contributed by atoms with Crippen molar-refractivity contribution in [1.29, 1.82) is 0 Å². The third-order valence-electron chi connectivity index (χ3n) is 3.43. The van der Waals surface area contributed by atoms with Gasteiger partial charge in [-0.3, -0.25) is 0 Å². The number of hydrogen-bond donors (Lipinski definition) is 1. The van der Waals surface area contributed by atoms with Crippen LogP contribution in [-0.4, -0.2) is 14.2 Å². The molecular weight excluding hydrogens is 389 g/mol. The van der Waals surface area contributed by atoms with Crippen LogP contribution in [-0.2, 0) is 0 Å². The smallest absolute Gasteiger partial charge is 0.142 e. The van der Waals surface area contributed by atoms with E-state index in [1.54, 1.807) is 7.11 Å². The second-order valence-corrected chi connectivity index (χ2v) is 6.12. The Kier molecular flexibility index (Phi) is 4.38. The van der Waals surface area contributed by atoms with Gasteiger partial charge < -0.3 is 14.5 Å². The topological polar surface area (TPSA) is 34.4 Å². The molecule has 0 amide bonds. The molecule has 0 aliphatic carbocycles. The number of halogens is 1. The van der Waals surface area contributed by atoms with Crippen LogP contribution in [0.25, 0.3) is 23.1 Å². The number of anilines is 1. The molecule has 0 bridgehead atoms. The van der Waals surface area contributed by atoms with Crippen LogP contribution in [0.2, 0.25) is 0 Å². The van der Waals surface area contributed by atoms with Crippen molar-refractivity contribution in [3.8, 4) is 5.75 Å². The maximum absolute atomic E-state index is 5.81. The first-order chi connectivity index (χ1) is 10.7. The lowest BCUT2D eigenvalue weighted by Gasteiger charge is -2.08. The van der Waals surface area contributed by atoms with E-state index in [1.165, 1.54) is 3.57 Å². The number of fused-ring (bicyclic) bond motifs is 1. The van der Waals surface area contributed by atoms with Crippen molar-refractivity contribution in [2.24, 2.45) is 0 Å². The van der Waals surface area contributed by atoms with E-state index in [2.05, 4.69) is 34.0 Å². The first kappa shape index (κ1) is 15.0. The second kappa shape index (κ2) is 6.44. The van der Waals surface area contributed by atoms with Gasteiger partial charge in [0.25, 0.3) is 0 Å². The Morgan fingerprint density at radius 2 is 1.95 bits per heavy atom. The van der Waals surface area contributed by atoms with Gasteiger partial charge in [0.15, 0.2) is 0 Å². The van der Waals surface area contributed by atoms with E-state index in [0.717, 1.165) is 33.7 Å². The third kappa shape index (κ3) is 3.11. The van der Waals surface area contributed by atoms with Crippen LogP contribution < -0.4 is 10.1 Å². The quantitative estimate of drug-likeness (QED) is 0.602. The fourth-order valence-corrected chi connectivity index (χ4v) is 2.83. The molecule has 0 saturated carbocycles.